The van der Waals surface area contributed by atoms with Crippen LogP contribution in [-0.4, -0.2) is 30.6 Å². The van der Waals surface area contributed by atoms with Crippen molar-refractivity contribution in [2.24, 2.45) is 7.05 Å². The predicted octanol–water partition coefficient (Wildman–Crippen LogP) is 1.83. The van der Waals surface area contributed by atoms with Crippen LogP contribution in [0.2, 0.25) is 0 Å². The molecule has 0 spiro atoms. The summed E-state index contributed by atoms with van der Waals surface area (Å²) in [5.41, 5.74) is 2.46. The Morgan fingerprint density at radius 2 is 1.95 bits per heavy atom. The van der Waals surface area contributed by atoms with Crippen LogP contribution in [0.25, 0.3) is 11.5 Å². The van der Waals surface area contributed by atoms with Gasteiger partial charge in [-0.25, -0.2) is 9.97 Å². The molecule has 0 atom stereocenters. The molecule has 0 aliphatic heterocycles. The van der Waals surface area contributed by atoms with Crippen LogP contribution < -0.4 is 5.32 Å². The van der Waals surface area contributed by atoms with Gasteiger partial charge in [-0.15, -0.1) is 0 Å². The van der Waals surface area contributed by atoms with Crippen molar-refractivity contribution < 1.29 is 4.79 Å². The van der Waals surface area contributed by atoms with Crippen LogP contribution in [0.4, 0.5) is 5.69 Å². The lowest BCUT2D eigenvalue weighted by Gasteiger charge is -2.04. The van der Waals surface area contributed by atoms with E-state index >= 15 is 0 Å². The topological polar surface area (TPSA) is 85.6 Å². The van der Waals surface area contributed by atoms with E-state index < -0.39 is 0 Å². The summed E-state index contributed by atoms with van der Waals surface area (Å²) in [5.74, 6) is 0.207. The van der Waals surface area contributed by atoms with Gasteiger partial charge in [-0.1, -0.05) is 6.07 Å². The number of aryl methyl sites for hydroxylation is 2. The number of carbonyl (C=O) groups excluding carboxylic acids is 1. The number of rotatable bonds is 3. The summed E-state index contributed by atoms with van der Waals surface area (Å²) in [5, 5.41) is 6.96. The van der Waals surface area contributed by atoms with Gasteiger partial charge in [0.1, 0.15) is 5.69 Å². The average Bonchev–Trinajstić information content (AvgIpc) is 2.86. The number of nitrogens with zero attached hydrogens (tertiary/aromatic N) is 5. The van der Waals surface area contributed by atoms with Gasteiger partial charge in [0, 0.05) is 31.8 Å². The first kappa shape index (κ1) is 13.9. The zero-order valence-electron chi connectivity index (χ0n) is 12.2. The number of nitrogens with one attached hydrogen (secondary N) is 1. The summed E-state index contributed by atoms with van der Waals surface area (Å²) in [4.78, 5) is 24.7. The number of anilines is 1. The van der Waals surface area contributed by atoms with Crippen molar-refractivity contribution in [3.05, 3.63) is 54.2 Å². The first-order chi connectivity index (χ1) is 10.6. The lowest BCUT2D eigenvalue weighted by atomic mass is 10.3. The maximum Gasteiger partial charge on any atom is 0.258 e. The standard InChI is InChI=1S/C15H14N6O/c1-10-13(9-21(2)20-10)19-15(22)11-7-17-14(18-8-11)12-5-3-4-6-16-12/h3-9H,1-2H3,(H,19,22). The Hall–Kier alpha value is -3.09. The molecule has 0 fully saturated rings. The van der Waals surface area contributed by atoms with Crippen molar-refractivity contribution in [2.45, 2.75) is 6.92 Å². The lowest BCUT2D eigenvalue weighted by Crippen LogP contribution is -2.13. The molecule has 0 saturated carbocycles. The second-order valence-electron chi connectivity index (χ2n) is 4.77. The van der Waals surface area contributed by atoms with Gasteiger partial charge >= 0.3 is 0 Å². The van der Waals surface area contributed by atoms with E-state index in [-0.39, 0.29) is 5.91 Å². The van der Waals surface area contributed by atoms with Crippen LogP contribution >= 0.6 is 0 Å². The van der Waals surface area contributed by atoms with E-state index in [1.54, 1.807) is 24.1 Å². The van der Waals surface area contributed by atoms with Crippen LogP contribution in [0.5, 0.6) is 0 Å². The fourth-order valence-corrected chi connectivity index (χ4v) is 1.99. The van der Waals surface area contributed by atoms with E-state index in [0.29, 0.717) is 22.8 Å². The molecule has 1 N–H and O–H groups in total. The predicted molar refractivity (Wildman–Crippen MR) is 81.2 cm³/mol. The highest BCUT2D eigenvalue weighted by Crippen LogP contribution is 2.14. The molecular weight excluding hydrogens is 280 g/mol. The van der Waals surface area contributed by atoms with Crippen LogP contribution in [0, 0.1) is 6.92 Å². The summed E-state index contributed by atoms with van der Waals surface area (Å²) >= 11 is 0. The third kappa shape index (κ3) is 2.83. The van der Waals surface area contributed by atoms with Crippen LogP contribution in [0.15, 0.2) is 43.0 Å². The van der Waals surface area contributed by atoms with Gasteiger partial charge in [-0.3, -0.25) is 14.5 Å². The van der Waals surface area contributed by atoms with Gasteiger partial charge < -0.3 is 5.32 Å². The van der Waals surface area contributed by atoms with E-state index in [4.69, 9.17) is 0 Å². The summed E-state index contributed by atoms with van der Waals surface area (Å²) < 4.78 is 1.64. The number of pyridine rings is 1. The minimum Gasteiger partial charge on any atom is -0.319 e. The molecule has 3 aromatic rings. The van der Waals surface area contributed by atoms with Gasteiger partial charge in [-0.05, 0) is 19.1 Å². The van der Waals surface area contributed by atoms with Crippen molar-refractivity contribution in [1.29, 1.82) is 0 Å². The Balaban J connectivity index is 1.78. The maximum atomic E-state index is 12.2. The average molecular weight is 294 g/mol. The second kappa shape index (κ2) is 5.72. The minimum atomic E-state index is -0.274. The monoisotopic (exact) mass is 294 g/mol. The van der Waals surface area contributed by atoms with Gasteiger partial charge in [0.15, 0.2) is 5.82 Å². The lowest BCUT2D eigenvalue weighted by molar-refractivity contribution is 0.102. The molecule has 0 aliphatic carbocycles. The fourth-order valence-electron chi connectivity index (χ4n) is 1.99. The van der Waals surface area contributed by atoms with Gasteiger partial charge in [-0.2, -0.15) is 5.10 Å². The minimum absolute atomic E-state index is 0.274. The van der Waals surface area contributed by atoms with E-state index in [1.807, 2.05) is 25.1 Å². The molecule has 3 heterocycles. The zero-order valence-corrected chi connectivity index (χ0v) is 12.2. The molecule has 1 amide bonds. The Morgan fingerprint density at radius 1 is 1.18 bits per heavy atom. The van der Waals surface area contributed by atoms with Gasteiger partial charge in [0.2, 0.25) is 0 Å². The van der Waals surface area contributed by atoms with Crippen LogP contribution in [0.1, 0.15) is 16.1 Å². The molecular formula is C15H14N6O. The Morgan fingerprint density at radius 3 is 2.55 bits per heavy atom. The smallest absolute Gasteiger partial charge is 0.258 e. The van der Waals surface area contributed by atoms with Crippen molar-refractivity contribution in [3.8, 4) is 11.5 Å². The van der Waals surface area contributed by atoms with Crippen LogP contribution in [-0.2, 0) is 7.05 Å². The highest BCUT2D eigenvalue weighted by molar-refractivity contribution is 6.04. The largest absolute Gasteiger partial charge is 0.319 e. The first-order valence-electron chi connectivity index (χ1n) is 6.68. The maximum absolute atomic E-state index is 12.2. The summed E-state index contributed by atoms with van der Waals surface area (Å²) in [7, 11) is 1.80. The van der Waals surface area contributed by atoms with E-state index in [1.165, 1.54) is 12.4 Å². The molecule has 0 bridgehead atoms. The summed E-state index contributed by atoms with van der Waals surface area (Å²) in [6, 6.07) is 5.49. The normalized spacial score (nSPS) is 10.5. The highest BCUT2D eigenvalue weighted by atomic mass is 16.1. The fraction of sp³-hybridized carbons (Fsp3) is 0.133. The molecule has 0 unspecified atom stereocenters. The molecule has 0 aliphatic rings. The number of carbonyl (C=O) groups is 1. The molecule has 3 rings (SSSR count). The van der Waals surface area contributed by atoms with Crippen molar-refractivity contribution in [2.75, 3.05) is 5.32 Å². The third-order valence-electron chi connectivity index (χ3n) is 3.07. The van der Waals surface area contributed by atoms with E-state index in [2.05, 4.69) is 25.4 Å². The van der Waals surface area contributed by atoms with Gasteiger partial charge in [0.25, 0.3) is 5.91 Å². The highest BCUT2D eigenvalue weighted by Gasteiger charge is 2.11. The number of hydrogen-bond donors (Lipinski definition) is 1. The molecule has 7 heteroatoms. The molecule has 22 heavy (non-hydrogen) atoms. The SMILES string of the molecule is Cc1nn(C)cc1NC(=O)c1cnc(-c2ccccn2)nc1. The molecule has 110 valence electrons. The quantitative estimate of drug-likeness (QED) is 0.796. The first-order valence-corrected chi connectivity index (χ1v) is 6.68. The van der Waals surface area contributed by atoms with E-state index in [9.17, 15) is 4.79 Å². The number of amides is 1. The van der Waals surface area contributed by atoms with E-state index in [0.717, 1.165) is 5.69 Å². The molecule has 3 aromatic heterocycles. The summed E-state index contributed by atoms with van der Waals surface area (Å²) in [6.45, 7) is 1.83. The Kier molecular flexibility index (Phi) is 3.61. The Bertz CT molecular complexity index is 795. The van der Waals surface area contributed by atoms with Crippen molar-refractivity contribution >= 4 is 11.6 Å². The van der Waals surface area contributed by atoms with Crippen LogP contribution in [0.3, 0.4) is 0 Å². The second-order valence-corrected chi connectivity index (χ2v) is 4.77. The summed E-state index contributed by atoms with van der Waals surface area (Å²) in [6.07, 6.45) is 6.39. The van der Waals surface area contributed by atoms with Crippen molar-refractivity contribution in [3.63, 3.8) is 0 Å². The van der Waals surface area contributed by atoms with Crippen molar-refractivity contribution in [1.82, 2.24) is 24.7 Å². The third-order valence-corrected chi connectivity index (χ3v) is 3.07. The molecule has 7 nitrogen and oxygen atoms in total. The number of hydrogen-bond acceptors (Lipinski definition) is 5. The Labute approximate surface area is 127 Å². The zero-order chi connectivity index (χ0) is 15.5. The number of aromatic nitrogens is 5. The van der Waals surface area contributed by atoms with Gasteiger partial charge in [0.05, 0.1) is 16.9 Å². The molecule has 0 aromatic carbocycles. The molecule has 0 radical (unpaired) electrons. The molecule has 0 saturated heterocycles.